The van der Waals surface area contributed by atoms with Gasteiger partial charge in [0.25, 0.3) is 0 Å². The molecule has 2 heterocycles. The highest BCUT2D eigenvalue weighted by molar-refractivity contribution is 7.99. The maximum Gasteiger partial charge on any atom is 0.248 e. The minimum absolute atomic E-state index is 0.0467. The number of hydrogen-bond acceptors (Lipinski definition) is 3. The van der Waals surface area contributed by atoms with Crippen LogP contribution in [0.3, 0.4) is 0 Å². The van der Waals surface area contributed by atoms with E-state index in [1.807, 2.05) is 30.0 Å². The monoisotopic (exact) mass is 342 g/mol. The lowest BCUT2D eigenvalue weighted by Gasteiger charge is -2.28. The Hall–Kier alpha value is -1.78. The van der Waals surface area contributed by atoms with E-state index >= 15 is 0 Å². The van der Waals surface area contributed by atoms with E-state index in [2.05, 4.69) is 18.2 Å². The summed E-state index contributed by atoms with van der Waals surface area (Å²) < 4.78 is 0. The average Bonchev–Trinajstić information content (AvgIpc) is 2.74. The molecule has 0 saturated heterocycles. The Kier molecular flexibility index (Phi) is 3.87. The number of amides is 1. The van der Waals surface area contributed by atoms with Crippen molar-refractivity contribution < 1.29 is 4.79 Å². The predicted octanol–water partition coefficient (Wildman–Crippen LogP) is 4.59. The van der Waals surface area contributed by atoms with Gasteiger partial charge in [-0.1, -0.05) is 29.8 Å². The second kappa shape index (κ2) is 6.02. The van der Waals surface area contributed by atoms with E-state index in [0.29, 0.717) is 11.4 Å². The molecule has 0 aliphatic carbocycles. The molecule has 3 nitrogen and oxygen atoms in total. The first-order valence-corrected chi connectivity index (χ1v) is 8.98. The van der Waals surface area contributed by atoms with Crippen LogP contribution in [0.4, 0.5) is 5.69 Å². The van der Waals surface area contributed by atoms with E-state index in [9.17, 15) is 4.79 Å². The van der Waals surface area contributed by atoms with Crippen molar-refractivity contribution in [2.24, 2.45) is 11.0 Å². The van der Waals surface area contributed by atoms with Gasteiger partial charge in [0.15, 0.2) is 0 Å². The molecule has 0 radical (unpaired) electrons. The summed E-state index contributed by atoms with van der Waals surface area (Å²) in [6.07, 6.45) is 1.49. The molecular formula is C18H15ClN2OS. The van der Waals surface area contributed by atoms with Crippen molar-refractivity contribution in [2.45, 2.75) is 17.7 Å². The zero-order valence-electron chi connectivity index (χ0n) is 12.4. The van der Waals surface area contributed by atoms with E-state index in [4.69, 9.17) is 16.7 Å². The molecule has 5 heteroatoms. The fraction of sp³-hybridized carbons (Fsp3) is 0.222. The lowest BCUT2D eigenvalue weighted by atomic mass is 9.90. The minimum Gasteiger partial charge on any atom is -0.273 e. The van der Waals surface area contributed by atoms with E-state index in [0.717, 1.165) is 29.1 Å². The van der Waals surface area contributed by atoms with Gasteiger partial charge in [-0.3, -0.25) is 4.79 Å². The zero-order valence-corrected chi connectivity index (χ0v) is 14.0. The van der Waals surface area contributed by atoms with E-state index in [1.54, 1.807) is 12.1 Å². The topological polar surface area (TPSA) is 32.7 Å². The van der Waals surface area contributed by atoms with Crippen LogP contribution in [0.25, 0.3) is 0 Å². The van der Waals surface area contributed by atoms with Gasteiger partial charge in [-0.2, -0.15) is 5.10 Å². The van der Waals surface area contributed by atoms with Crippen LogP contribution >= 0.6 is 23.4 Å². The van der Waals surface area contributed by atoms with Gasteiger partial charge in [0.2, 0.25) is 5.91 Å². The van der Waals surface area contributed by atoms with E-state index < -0.39 is 0 Å². The van der Waals surface area contributed by atoms with Crippen molar-refractivity contribution in [2.75, 3.05) is 10.8 Å². The number of nitrogens with zero attached hydrogens (tertiary/aromatic N) is 2. The molecule has 4 rings (SSSR count). The second-order valence-electron chi connectivity index (χ2n) is 5.70. The first-order valence-electron chi connectivity index (χ1n) is 7.61. The summed E-state index contributed by atoms with van der Waals surface area (Å²) in [5.74, 6) is 1.28. The highest BCUT2D eigenvalue weighted by Crippen LogP contribution is 2.36. The Morgan fingerprint density at radius 3 is 2.74 bits per heavy atom. The minimum atomic E-state index is 0.0467. The molecule has 0 bridgehead atoms. The molecule has 23 heavy (non-hydrogen) atoms. The fourth-order valence-corrected chi connectivity index (χ4v) is 4.30. The van der Waals surface area contributed by atoms with Gasteiger partial charge in [-0.15, -0.1) is 11.8 Å². The van der Waals surface area contributed by atoms with Gasteiger partial charge in [0.05, 0.1) is 11.4 Å². The quantitative estimate of drug-likeness (QED) is 0.759. The maximum atomic E-state index is 12.5. The first kappa shape index (κ1) is 14.8. The van der Waals surface area contributed by atoms with Crippen LogP contribution in [-0.2, 0) is 4.79 Å². The second-order valence-corrected chi connectivity index (χ2v) is 7.27. The summed E-state index contributed by atoms with van der Waals surface area (Å²) in [7, 11) is 0. The Balaban J connectivity index is 1.81. The number of carbonyl (C=O) groups excluding carboxylic acids is 1. The molecule has 0 N–H and O–H groups in total. The Labute approximate surface area is 144 Å². The molecular weight excluding hydrogens is 328 g/mol. The summed E-state index contributed by atoms with van der Waals surface area (Å²) in [4.78, 5) is 13.8. The lowest BCUT2D eigenvalue weighted by molar-refractivity contribution is -0.119. The molecule has 2 aromatic rings. The van der Waals surface area contributed by atoms with Crippen molar-refractivity contribution >= 4 is 40.7 Å². The SMILES string of the molecule is O=C1CC2CCSc3ccccc3C2=NN1c1ccc(Cl)cc1. The van der Waals surface area contributed by atoms with Crippen LogP contribution in [0.1, 0.15) is 18.4 Å². The smallest absolute Gasteiger partial charge is 0.248 e. The fourth-order valence-electron chi connectivity index (χ4n) is 3.05. The molecule has 2 aliphatic heterocycles. The van der Waals surface area contributed by atoms with Crippen molar-refractivity contribution in [1.82, 2.24) is 0 Å². The number of hydrazone groups is 1. The van der Waals surface area contributed by atoms with Crippen molar-refractivity contribution in [3.8, 4) is 0 Å². The molecule has 0 fully saturated rings. The van der Waals surface area contributed by atoms with E-state index in [1.165, 1.54) is 9.90 Å². The zero-order chi connectivity index (χ0) is 15.8. The van der Waals surface area contributed by atoms with Crippen molar-refractivity contribution in [1.29, 1.82) is 0 Å². The predicted molar refractivity (Wildman–Crippen MR) is 95.4 cm³/mol. The number of halogens is 1. The Bertz CT molecular complexity index is 788. The lowest BCUT2D eigenvalue weighted by Crippen LogP contribution is -2.37. The number of anilines is 1. The molecule has 116 valence electrons. The van der Waals surface area contributed by atoms with Crippen LogP contribution in [0.15, 0.2) is 58.5 Å². The average molecular weight is 343 g/mol. The third kappa shape index (κ3) is 2.77. The number of benzene rings is 2. The normalized spacial score (nSPS) is 20.4. The van der Waals surface area contributed by atoms with Crippen LogP contribution in [0, 0.1) is 5.92 Å². The summed E-state index contributed by atoms with van der Waals surface area (Å²) in [6.45, 7) is 0. The van der Waals surface area contributed by atoms with Gasteiger partial charge in [0, 0.05) is 27.8 Å². The van der Waals surface area contributed by atoms with Crippen LogP contribution in [0.5, 0.6) is 0 Å². The third-order valence-electron chi connectivity index (χ3n) is 4.21. The Morgan fingerprint density at radius 1 is 1.13 bits per heavy atom. The first-order chi connectivity index (χ1) is 11.2. The summed E-state index contributed by atoms with van der Waals surface area (Å²) >= 11 is 7.79. The number of fused-ring (bicyclic) bond motifs is 3. The molecule has 1 unspecified atom stereocenters. The summed E-state index contributed by atoms with van der Waals surface area (Å²) in [5.41, 5.74) is 2.95. The van der Waals surface area contributed by atoms with Gasteiger partial charge in [0.1, 0.15) is 0 Å². The highest BCUT2D eigenvalue weighted by Gasteiger charge is 2.33. The maximum absolute atomic E-state index is 12.5. The van der Waals surface area contributed by atoms with E-state index in [-0.39, 0.29) is 11.8 Å². The number of rotatable bonds is 1. The summed E-state index contributed by atoms with van der Waals surface area (Å²) in [6, 6.07) is 15.6. The Morgan fingerprint density at radius 2 is 1.91 bits per heavy atom. The van der Waals surface area contributed by atoms with Gasteiger partial charge in [-0.25, -0.2) is 5.01 Å². The number of carbonyl (C=O) groups is 1. The van der Waals surface area contributed by atoms with Crippen molar-refractivity contribution in [3.63, 3.8) is 0 Å². The molecule has 1 amide bonds. The molecule has 0 saturated carbocycles. The highest BCUT2D eigenvalue weighted by atomic mass is 35.5. The standard InChI is InChI=1S/C18H15ClN2OS/c19-13-5-7-14(8-6-13)21-17(22)11-12-9-10-23-16-4-2-1-3-15(16)18(12)20-21/h1-8,12H,9-11H2. The van der Waals surface area contributed by atoms with Crippen LogP contribution in [-0.4, -0.2) is 17.4 Å². The van der Waals surface area contributed by atoms with Crippen molar-refractivity contribution in [3.05, 3.63) is 59.1 Å². The molecule has 0 spiro atoms. The number of hydrogen-bond donors (Lipinski definition) is 0. The van der Waals surface area contributed by atoms with Gasteiger partial charge in [-0.05, 0) is 42.5 Å². The largest absolute Gasteiger partial charge is 0.273 e. The molecule has 0 aromatic heterocycles. The van der Waals surface area contributed by atoms with Crippen LogP contribution in [0.2, 0.25) is 5.02 Å². The van der Waals surface area contributed by atoms with Gasteiger partial charge >= 0.3 is 0 Å². The summed E-state index contributed by atoms with van der Waals surface area (Å²) in [5, 5.41) is 6.91. The van der Waals surface area contributed by atoms with Gasteiger partial charge < -0.3 is 0 Å². The molecule has 1 atom stereocenters. The molecule has 2 aliphatic rings. The van der Waals surface area contributed by atoms with Crippen LogP contribution < -0.4 is 5.01 Å². The third-order valence-corrected chi connectivity index (χ3v) is 5.57. The molecule has 2 aromatic carbocycles. The number of thioether (sulfide) groups is 1.